The van der Waals surface area contributed by atoms with E-state index in [1.807, 2.05) is 6.07 Å². The third-order valence-electron chi connectivity index (χ3n) is 2.44. The largest absolute Gasteiger partial charge is 0.477 e. The number of anilines is 1. The summed E-state index contributed by atoms with van der Waals surface area (Å²) in [5, 5.41) is 19.1. The van der Waals surface area contributed by atoms with Crippen LogP contribution in [0.1, 0.15) is 15.2 Å². The number of benzene rings is 1. The van der Waals surface area contributed by atoms with Crippen LogP contribution in [0.2, 0.25) is 0 Å². The molecule has 0 bridgehead atoms. The van der Waals surface area contributed by atoms with Crippen molar-refractivity contribution >= 4 is 48.9 Å². The molecule has 108 valence electrons. The van der Waals surface area contributed by atoms with Gasteiger partial charge in [-0.05, 0) is 24.3 Å². The van der Waals surface area contributed by atoms with E-state index in [0.717, 1.165) is 17.4 Å². The lowest BCUT2D eigenvalue weighted by Crippen LogP contribution is -2.13. The maximum atomic E-state index is 12.2. The minimum atomic E-state index is -3.94. The SMILES string of the molecule is N#Cc1cc(Br)ccc1NS(=O)(=O)c1csc(C(=O)O)c1. The summed E-state index contributed by atoms with van der Waals surface area (Å²) in [4.78, 5) is 10.6. The molecule has 0 atom stereocenters. The number of carbonyl (C=O) groups is 1. The molecule has 0 radical (unpaired) electrons. The Morgan fingerprint density at radius 1 is 1.38 bits per heavy atom. The molecule has 2 N–H and O–H groups in total. The van der Waals surface area contributed by atoms with Crippen molar-refractivity contribution in [3.63, 3.8) is 0 Å². The van der Waals surface area contributed by atoms with Crippen molar-refractivity contribution in [1.29, 1.82) is 5.26 Å². The van der Waals surface area contributed by atoms with Crippen molar-refractivity contribution in [1.82, 2.24) is 0 Å². The van der Waals surface area contributed by atoms with Gasteiger partial charge in [-0.3, -0.25) is 4.72 Å². The topological polar surface area (TPSA) is 107 Å². The summed E-state index contributed by atoms with van der Waals surface area (Å²) in [6.07, 6.45) is 0. The molecule has 2 rings (SSSR count). The van der Waals surface area contributed by atoms with E-state index in [2.05, 4.69) is 20.7 Å². The summed E-state index contributed by atoms with van der Waals surface area (Å²) < 4.78 is 27.3. The smallest absolute Gasteiger partial charge is 0.345 e. The van der Waals surface area contributed by atoms with Gasteiger partial charge in [-0.15, -0.1) is 11.3 Å². The second kappa shape index (κ2) is 5.85. The highest BCUT2D eigenvalue weighted by molar-refractivity contribution is 9.10. The molecule has 0 spiro atoms. The molecule has 1 heterocycles. The lowest BCUT2D eigenvalue weighted by Gasteiger charge is -2.08. The number of carboxylic acids is 1. The van der Waals surface area contributed by atoms with Crippen LogP contribution in [-0.2, 0) is 10.0 Å². The summed E-state index contributed by atoms with van der Waals surface area (Å²) in [6, 6.07) is 7.48. The molecular formula is C12H7BrN2O4S2. The molecule has 0 saturated heterocycles. The van der Waals surface area contributed by atoms with Gasteiger partial charge in [0.15, 0.2) is 0 Å². The van der Waals surface area contributed by atoms with Gasteiger partial charge in [0, 0.05) is 9.85 Å². The standard InChI is InChI=1S/C12H7BrN2O4S2/c13-8-1-2-10(7(3-8)5-14)15-21(18,19)9-4-11(12(16)17)20-6-9/h1-4,6,15H,(H,16,17). The van der Waals surface area contributed by atoms with Crippen LogP contribution >= 0.6 is 27.3 Å². The van der Waals surface area contributed by atoms with Crippen LogP contribution in [0.25, 0.3) is 0 Å². The summed E-state index contributed by atoms with van der Waals surface area (Å²) in [5.41, 5.74) is 0.283. The summed E-state index contributed by atoms with van der Waals surface area (Å²) in [7, 11) is -3.94. The van der Waals surface area contributed by atoms with Crippen LogP contribution in [-0.4, -0.2) is 19.5 Å². The normalized spacial score (nSPS) is 10.9. The molecule has 0 saturated carbocycles. The van der Waals surface area contributed by atoms with Crippen molar-refractivity contribution < 1.29 is 18.3 Å². The summed E-state index contributed by atoms with van der Waals surface area (Å²) >= 11 is 4.01. The maximum absolute atomic E-state index is 12.2. The first-order chi connectivity index (χ1) is 9.83. The number of sulfonamides is 1. The Labute approximate surface area is 132 Å². The second-order valence-corrected chi connectivity index (χ2v) is 7.37. The van der Waals surface area contributed by atoms with Gasteiger partial charge < -0.3 is 5.11 Å². The van der Waals surface area contributed by atoms with Gasteiger partial charge in [-0.1, -0.05) is 15.9 Å². The van der Waals surface area contributed by atoms with Gasteiger partial charge in [-0.2, -0.15) is 5.26 Å². The van der Waals surface area contributed by atoms with Gasteiger partial charge in [0.25, 0.3) is 10.0 Å². The van der Waals surface area contributed by atoms with Crippen LogP contribution < -0.4 is 4.72 Å². The van der Waals surface area contributed by atoms with Crippen molar-refractivity contribution in [3.8, 4) is 6.07 Å². The number of carboxylic acid groups (broad SMARTS) is 1. The van der Waals surface area contributed by atoms with E-state index in [1.54, 1.807) is 6.07 Å². The number of hydrogen-bond acceptors (Lipinski definition) is 5. The predicted octanol–water partition coefficient (Wildman–Crippen LogP) is 2.88. The predicted molar refractivity (Wildman–Crippen MR) is 80.9 cm³/mol. The van der Waals surface area contributed by atoms with Crippen molar-refractivity contribution in [2.24, 2.45) is 0 Å². The third kappa shape index (κ3) is 3.41. The second-order valence-electron chi connectivity index (χ2n) is 3.86. The number of nitrogens with one attached hydrogen (secondary N) is 1. The molecule has 1 aromatic heterocycles. The molecule has 0 aliphatic heterocycles. The number of thiophene rings is 1. The number of rotatable bonds is 4. The van der Waals surface area contributed by atoms with Gasteiger partial charge in [0.2, 0.25) is 0 Å². The number of nitrogens with zero attached hydrogens (tertiary/aromatic N) is 1. The fourth-order valence-corrected chi connectivity index (χ4v) is 4.03. The Balaban J connectivity index is 2.37. The molecule has 0 aliphatic rings. The maximum Gasteiger partial charge on any atom is 0.345 e. The highest BCUT2D eigenvalue weighted by Gasteiger charge is 2.20. The van der Waals surface area contributed by atoms with Crippen molar-refractivity contribution in [2.45, 2.75) is 4.90 Å². The van der Waals surface area contributed by atoms with Crippen molar-refractivity contribution in [3.05, 3.63) is 44.6 Å². The zero-order valence-corrected chi connectivity index (χ0v) is 13.4. The van der Waals surface area contributed by atoms with Gasteiger partial charge in [0.1, 0.15) is 10.9 Å². The van der Waals surface area contributed by atoms with E-state index >= 15 is 0 Å². The molecule has 0 amide bonds. The summed E-state index contributed by atoms with van der Waals surface area (Å²) in [6.45, 7) is 0. The monoisotopic (exact) mass is 386 g/mol. The Morgan fingerprint density at radius 3 is 2.67 bits per heavy atom. The zero-order valence-electron chi connectivity index (χ0n) is 10.2. The first-order valence-corrected chi connectivity index (χ1v) is 8.53. The van der Waals surface area contributed by atoms with E-state index in [0.29, 0.717) is 4.47 Å². The van der Waals surface area contributed by atoms with Crippen LogP contribution in [0.15, 0.2) is 39.0 Å². The Morgan fingerprint density at radius 2 is 2.10 bits per heavy atom. The number of aromatic carboxylic acids is 1. The van der Waals surface area contributed by atoms with Crippen LogP contribution in [0.4, 0.5) is 5.69 Å². The van der Waals surface area contributed by atoms with E-state index in [9.17, 15) is 13.2 Å². The highest BCUT2D eigenvalue weighted by atomic mass is 79.9. The molecule has 21 heavy (non-hydrogen) atoms. The summed E-state index contributed by atoms with van der Waals surface area (Å²) in [5.74, 6) is -1.19. The molecule has 9 heteroatoms. The van der Waals surface area contributed by atoms with E-state index < -0.39 is 16.0 Å². The van der Waals surface area contributed by atoms with Crippen molar-refractivity contribution in [2.75, 3.05) is 4.72 Å². The lowest BCUT2D eigenvalue weighted by atomic mass is 10.2. The number of halogens is 1. The van der Waals surface area contributed by atoms with Gasteiger partial charge in [0.05, 0.1) is 16.1 Å². The van der Waals surface area contributed by atoms with Gasteiger partial charge >= 0.3 is 5.97 Å². The zero-order chi connectivity index (χ0) is 15.6. The Kier molecular flexibility index (Phi) is 4.32. The molecule has 0 unspecified atom stereocenters. The number of hydrogen-bond donors (Lipinski definition) is 2. The van der Waals surface area contributed by atoms with Crippen LogP contribution in [0.5, 0.6) is 0 Å². The van der Waals surface area contributed by atoms with E-state index in [4.69, 9.17) is 10.4 Å². The van der Waals surface area contributed by atoms with Crippen LogP contribution in [0.3, 0.4) is 0 Å². The average Bonchev–Trinajstić information content (AvgIpc) is 2.91. The van der Waals surface area contributed by atoms with E-state index in [1.165, 1.54) is 17.5 Å². The minimum absolute atomic E-state index is 0.0771. The lowest BCUT2D eigenvalue weighted by molar-refractivity contribution is 0.0702. The van der Waals surface area contributed by atoms with Gasteiger partial charge in [-0.25, -0.2) is 13.2 Å². The fourth-order valence-electron chi connectivity index (χ4n) is 1.47. The highest BCUT2D eigenvalue weighted by Crippen LogP contribution is 2.25. The molecule has 0 fully saturated rings. The van der Waals surface area contributed by atoms with Crippen LogP contribution in [0, 0.1) is 11.3 Å². The minimum Gasteiger partial charge on any atom is -0.477 e. The molecule has 2 aromatic rings. The molecule has 1 aromatic carbocycles. The first kappa shape index (κ1) is 15.5. The fraction of sp³-hybridized carbons (Fsp3) is 0. The molecule has 0 aliphatic carbocycles. The average molecular weight is 387 g/mol. The third-order valence-corrected chi connectivity index (χ3v) is 5.35. The first-order valence-electron chi connectivity index (χ1n) is 5.38. The number of nitriles is 1. The quantitative estimate of drug-likeness (QED) is 0.839. The van der Waals surface area contributed by atoms with E-state index in [-0.39, 0.29) is 21.0 Å². The molecule has 6 nitrogen and oxygen atoms in total. The Bertz CT molecular complexity index is 852. The molecular weight excluding hydrogens is 380 g/mol. The Hall–Kier alpha value is -1.89.